The van der Waals surface area contributed by atoms with Crippen molar-refractivity contribution >= 4 is 47.2 Å². The molecule has 1 aliphatic heterocycles. The van der Waals surface area contributed by atoms with Gasteiger partial charge in [-0.1, -0.05) is 13.8 Å². The highest BCUT2D eigenvalue weighted by molar-refractivity contribution is 7.98. The maximum absolute atomic E-state index is 13.3. The lowest BCUT2D eigenvalue weighted by Crippen LogP contribution is -2.57. The van der Waals surface area contributed by atoms with E-state index < -0.39 is 36.0 Å². The Hall–Kier alpha value is -1.46. The van der Waals surface area contributed by atoms with Gasteiger partial charge in [-0.15, -0.1) is 0 Å². The van der Waals surface area contributed by atoms with Gasteiger partial charge in [0.05, 0.1) is 6.04 Å². The van der Waals surface area contributed by atoms with E-state index in [1.54, 1.807) is 37.4 Å². The fourth-order valence-corrected chi connectivity index (χ4v) is 4.38. The molecule has 0 aromatic heterocycles. The van der Waals surface area contributed by atoms with Gasteiger partial charge in [0, 0.05) is 6.54 Å². The predicted molar refractivity (Wildman–Crippen MR) is 125 cm³/mol. The van der Waals surface area contributed by atoms with Crippen molar-refractivity contribution in [1.82, 2.24) is 15.5 Å². The van der Waals surface area contributed by atoms with Crippen molar-refractivity contribution in [2.45, 2.75) is 63.7 Å². The van der Waals surface area contributed by atoms with Crippen LogP contribution in [0.2, 0.25) is 0 Å². The molecule has 4 unspecified atom stereocenters. The lowest BCUT2D eigenvalue weighted by molar-refractivity contribution is -0.145. The molecule has 0 spiro atoms. The quantitative estimate of drug-likeness (QED) is 0.301. The molecule has 1 fully saturated rings. The Labute approximate surface area is 193 Å². The van der Waals surface area contributed by atoms with Crippen LogP contribution in [0.25, 0.3) is 0 Å². The van der Waals surface area contributed by atoms with E-state index in [1.807, 2.05) is 12.5 Å². The Balaban J connectivity index is 2.90. The first-order valence-electron chi connectivity index (χ1n) is 10.5. The van der Waals surface area contributed by atoms with Crippen LogP contribution in [0.5, 0.6) is 0 Å². The second kappa shape index (κ2) is 13.8. The highest BCUT2D eigenvalue weighted by Gasteiger charge is 2.39. The molecule has 0 radical (unpaired) electrons. The number of amides is 3. The lowest BCUT2D eigenvalue weighted by Gasteiger charge is -2.30. The molecule has 1 heterocycles. The molecule has 9 nitrogen and oxygen atoms in total. The number of carboxylic acid groups (broad SMARTS) is 1. The molecule has 0 bridgehead atoms. The summed E-state index contributed by atoms with van der Waals surface area (Å²) >= 11 is 3.15. The van der Waals surface area contributed by atoms with Crippen LogP contribution in [0.3, 0.4) is 0 Å². The third kappa shape index (κ3) is 8.53. The van der Waals surface area contributed by atoms with Gasteiger partial charge < -0.3 is 26.4 Å². The SMILES string of the molecule is CSCCC(N)C(=O)NC(CCSC)C(=O)N1CCCC1C(=O)NC(C(=O)O)C(C)C. The van der Waals surface area contributed by atoms with E-state index in [-0.39, 0.29) is 17.7 Å². The Bertz CT molecular complexity index is 635. The molecule has 178 valence electrons. The maximum atomic E-state index is 13.3. The number of carboxylic acids is 1. The third-order valence-corrected chi connectivity index (χ3v) is 6.55. The van der Waals surface area contributed by atoms with Crippen LogP contribution in [-0.2, 0) is 19.2 Å². The molecule has 0 aromatic rings. The van der Waals surface area contributed by atoms with Crippen LogP contribution in [0.1, 0.15) is 39.5 Å². The molecule has 31 heavy (non-hydrogen) atoms. The monoisotopic (exact) mass is 476 g/mol. The Morgan fingerprint density at radius 3 is 2.26 bits per heavy atom. The average molecular weight is 477 g/mol. The molecule has 0 aliphatic carbocycles. The molecule has 5 N–H and O–H groups in total. The van der Waals surface area contributed by atoms with Crippen LogP contribution < -0.4 is 16.4 Å². The first kappa shape index (κ1) is 27.6. The van der Waals surface area contributed by atoms with Gasteiger partial charge in [0.2, 0.25) is 17.7 Å². The van der Waals surface area contributed by atoms with Gasteiger partial charge in [0.1, 0.15) is 18.1 Å². The van der Waals surface area contributed by atoms with Crippen molar-refractivity contribution in [3.63, 3.8) is 0 Å². The van der Waals surface area contributed by atoms with Crippen LogP contribution >= 0.6 is 23.5 Å². The fourth-order valence-electron chi connectivity index (χ4n) is 3.41. The molecular formula is C20H36N4O5S2. The van der Waals surface area contributed by atoms with E-state index in [2.05, 4.69) is 10.6 Å². The largest absolute Gasteiger partial charge is 0.480 e. The van der Waals surface area contributed by atoms with E-state index in [0.717, 1.165) is 5.75 Å². The van der Waals surface area contributed by atoms with Crippen molar-refractivity contribution in [2.75, 3.05) is 30.6 Å². The minimum absolute atomic E-state index is 0.289. The van der Waals surface area contributed by atoms with E-state index in [9.17, 15) is 24.3 Å². The number of rotatable bonds is 13. The van der Waals surface area contributed by atoms with Crippen molar-refractivity contribution in [1.29, 1.82) is 0 Å². The Morgan fingerprint density at radius 2 is 1.71 bits per heavy atom. The molecule has 1 saturated heterocycles. The van der Waals surface area contributed by atoms with Crippen molar-refractivity contribution < 1.29 is 24.3 Å². The van der Waals surface area contributed by atoms with Gasteiger partial charge in [-0.25, -0.2) is 4.79 Å². The second-order valence-electron chi connectivity index (χ2n) is 7.99. The van der Waals surface area contributed by atoms with Crippen molar-refractivity contribution in [3.8, 4) is 0 Å². The third-order valence-electron chi connectivity index (χ3n) is 5.26. The van der Waals surface area contributed by atoms with Crippen LogP contribution in [0, 0.1) is 5.92 Å². The summed E-state index contributed by atoms with van der Waals surface area (Å²) in [6.45, 7) is 3.82. The zero-order valence-corrected chi connectivity index (χ0v) is 20.4. The minimum Gasteiger partial charge on any atom is -0.480 e. The zero-order chi connectivity index (χ0) is 23.6. The van der Waals surface area contributed by atoms with E-state index in [1.165, 1.54) is 4.90 Å². The van der Waals surface area contributed by atoms with Gasteiger partial charge in [0.15, 0.2) is 0 Å². The summed E-state index contributed by atoms with van der Waals surface area (Å²) in [5.74, 6) is -1.17. The average Bonchev–Trinajstić information content (AvgIpc) is 3.21. The molecule has 1 rings (SSSR count). The first-order chi connectivity index (χ1) is 14.6. The number of likely N-dealkylation sites (tertiary alicyclic amines) is 1. The van der Waals surface area contributed by atoms with Crippen LogP contribution in [-0.4, -0.2) is 88.4 Å². The number of carbonyl (C=O) groups excluding carboxylic acids is 3. The van der Waals surface area contributed by atoms with Gasteiger partial charge in [-0.3, -0.25) is 14.4 Å². The molecule has 0 saturated carbocycles. The minimum atomic E-state index is -1.11. The number of nitrogens with zero attached hydrogens (tertiary/aromatic N) is 1. The lowest BCUT2D eigenvalue weighted by atomic mass is 10.0. The van der Waals surface area contributed by atoms with Gasteiger partial charge in [-0.05, 0) is 55.6 Å². The Kier molecular flexibility index (Phi) is 12.3. The normalized spacial score (nSPS) is 19.0. The molecule has 4 atom stereocenters. The maximum Gasteiger partial charge on any atom is 0.326 e. The summed E-state index contributed by atoms with van der Waals surface area (Å²) in [7, 11) is 0. The standard InChI is InChI=1S/C20H36N4O5S2/c1-12(2)16(20(28)29)23-18(26)15-6-5-9-24(15)19(27)14(8-11-31-4)22-17(25)13(21)7-10-30-3/h12-16H,5-11,21H2,1-4H3,(H,22,25)(H,23,26)(H,28,29). The number of hydrogen-bond acceptors (Lipinski definition) is 7. The highest BCUT2D eigenvalue weighted by atomic mass is 32.2. The van der Waals surface area contributed by atoms with Crippen LogP contribution in [0.15, 0.2) is 0 Å². The number of thioether (sulfide) groups is 2. The number of hydrogen-bond donors (Lipinski definition) is 4. The highest BCUT2D eigenvalue weighted by Crippen LogP contribution is 2.20. The fraction of sp³-hybridized carbons (Fsp3) is 0.800. The summed E-state index contributed by atoms with van der Waals surface area (Å²) in [6, 6.07) is -3.23. The topological polar surface area (TPSA) is 142 Å². The summed E-state index contributed by atoms with van der Waals surface area (Å²) in [4.78, 5) is 51.4. The zero-order valence-electron chi connectivity index (χ0n) is 18.8. The second-order valence-corrected chi connectivity index (χ2v) is 9.96. The smallest absolute Gasteiger partial charge is 0.326 e. The number of nitrogens with one attached hydrogen (secondary N) is 2. The van der Waals surface area contributed by atoms with Crippen molar-refractivity contribution in [2.24, 2.45) is 11.7 Å². The summed E-state index contributed by atoms with van der Waals surface area (Å²) < 4.78 is 0. The van der Waals surface area contributed by atoms with Gasteiger partial charge in [0.25, 0.3) is 0 Å². The van der Waals surface area contributed by atoms with Gasteiger partial charge in [-0.2, -0.15) is 23.5 Å². The number of carbonyl (C=O) groups is 4. The number of aliphatic carboxylic acids is 1. The summed E-state index contributed by atoms with van der Waals surface area (Å²) in [5, 5.41) is 14.7. The first-order valence-corrected chi connectivity index (χ1v) is 13.3. The predicted octanol–water partition coefficient (Wildman–Crippen LogP) is 0.521. The molecular weight excluding hydrogens is 440 g/mol. The summed E-state index contributed by atoms with van der Waals surface area (Å²) in [6.07, 6.45) is 5.88. The van der Waals surface area contributed by atoms with Crippen LogP contribution in [0.4, 0.5) is 0 Å². The molecule has 1 aliphatic rings. The molecule has 11 heteroatoms. The Morgan fingerprint density at radius 1 is 1.10 bits per heavy atom. The van der Waals surface area contributed by atoms with E-state index >= 15 is 0 Å². The van der Waals surface area contributed by atoms with Crippen molar-refractivity contribution in [3.05, 3.63) is 0 Å². The number of nitrogens with two attached hydrogens (primary N) is 1. The van der Waals surface area contributed by atoms with Gasteiger partial charge >= 0.3 is 5.97 Å². The molecule has 3 amide bonds. The van der Waals surface area contributed by atoms with E-state index in [4.69, 9.17) is 5.73 Å². The summed E-state index contributed by atoms with van der Waals surface area (Å²) in [5.41, 5.74) is 5.95. The van der Waals surface area contributed by atoms with E-state index in [0.29, 0.717) is 38.0 Å². The molecule has 0 aromatic carbocycles.